The zero-order valence-corrected chi connectivity index (χ0v) is 6.40. The fourth-order valence-electron chi connectivity index (χ4n) is 0.881. The summed E-state index contributed by atoms with van der Waals surface area (Å²) in [6, 6.07) is 0. The molecule has 1 saturated heterocycles. The average Bonchev–Trinajstić information content (AvgIpc) is 1.78. The Labute approximate surface area is 56.6 Å². The van der Waals surface area contributed by atoms with Gasteiger partial charge in [-0.25, -0.2) is 0 Å². The van der Waals surface area contributed by atoms with E-state index < -0.39 is 0 Å². The molecule has 1 fully saturated rings. The molecule has 0 aromatic heterocycles. The fraction of sp³-hybridized carbons (Fsp3) is 1.00. The first-order chi connectivity index (χ1) is 4.10. The molecule has 0 aliphatic carbocycles. The van der Waals surface area contributed by atoms with E-state index in [9.17, 15) is 0 Å². The standard InChI is InChI=1S/C7H15NO/c1-6-8-4-7(2,3)5-9-6/h6,8H,4-5H2,1-3H3. The second kappa shape index (κ2) is 2.27. The lowest BCUT2D eigenvalue weighted by atomic mass is 9.94. The predicted octanol–water partition coefficient (Wildman–Crippen LogP) is 0.978. The fourth-order valence-corrected chi connectivity index (χ4v) is 0.881. The van der Waals surface area contributed by atoms with E-state index in [2.05, 4.69) is 19.2 Å². The lowest BCUT2D eigenvalue weighted by Gasteiger charge is -2.33. The van der Waals surface area contributed by atoms with Crippen LogP contribution in [-0.4, -0.2) is 19.4 Å². The minimum atomic E-state index is 0.248. The Hall–Kier alpha value is -0.0800. The van der Waals surface area contributed by atoms with Crippen molar-refractivity contribution in [2.75, 3.05) is 13.2 Å². The Morgan fingerprint density at radius 3 is 2.56 bits per heavy atom. The summed E-state index contributed by atoms with van der Waals surface area (Å²) in [6.07, 6.45) is 0.248. The molecule has 1 aliphatic heterocycles. The molecule has 0 bridgehead atoms. The van der Waals surface area contributed by atoms with Gasteiger partial charge < -0.3 is 4.74 Å². The Bertz CT molecular complexity index is 91.1. The molecule has 2 heteroatoms. The van der Waals surface area contributed by atoms with Crippen LogP contribution in [0.4, 0.5) is 0 Å². The lowest BCUT2D eigenvalue weighted by molar-refractivity contribution is -0.0476. The van der Waals surface area contributed by atoms with Gasteiger partial charge in [0.05, 0.1) is 6.61 Å². The van der Waals surface area contributed by atoms with E-state index in [0.29, 0.717) is 5.41 Å². The summed E-state index contributed by atoms with van der Waals surface area (Å²) in [4.78, 5) is 0. The molecule has 0 spiro atoms. The van der Waals surface area contributed by atoms with Gasteiger partial charge in [-0.2, -0.15) is 0 Å². The zero-order valence-electron chi connectivity index (χ0n) is 6.40. The molecule has 1 aliphatic rings. The van der Waals surface area contributed by atoms with Crippen LogP contribution in [-0.2, 0) is 4.74 Å². The predicted molar refractivity (Wildman–Crippen MR) is 37.2 cm³/mol. The molecule has 0 saturated carbocycles. The first kappa shape index (κ1) is 7.03. The molecular weight excluding hydrogens is 114 g/mol. The molecule has 1 N–H and O–H groups in total. The van der Waals surface area contributed by atoms with Gasteiger partial charge in [0.15, 0.2) is 0 Å². The van der Waals surface area contributed by atoms with Gasteiger partial charge >= 0.3 is 0 Å². The van der Waals surface area contributed by atoms with Crippen molar-refractivity contribution in [3.63, 3.8) is 0 Å². The van der Waals surface area contributed by atoms with Gasteiger partial charge in [-0.15, -0.1) is 0 Å². The van der Waals surface area contributed by atoms with Crippen LogP contribution in [0.2, 0.25) is 0 Å². The lowest BCUT2D eigenvalue weighted by Crippen LogP contribution is -2.46. The van der Waals surface area contributed by atoms with Crippen molar-refractivity contribution in [1.82, 2.24) is 5.32 Å². The SMILES string of the molecule is CC1NCC(C)(C)CO1. The largest absolute Gasteiger partial charge is 0.363 e. The smallest absolute Gasteiger partial charge is 0.105 e. The van der Waals surface area contributed by atoms with Crippen LogP contribution >= 0.6 is 0 Å². The van der Waals surface area contributed by atoms with Gasteiger partial charge in [-0.3, -0.25) is 5.32 Å². The van der Waals surface area contributed by atoms with Crippen LogP contribution in [0.5, 0.6) is 0 Å². The normalized spacial score (nSPS) is 34.3. The summed E-state index contributed by atoms with van der Waals surface area (Å²) in [5.74, 6) is 0. The number of nitrogens with one attached hydrogen (secondary N) is 1. The van der Waals surface area contributed by atoms with Crippen molar-refractivity contribution in [2.45, 2.75) is 27.0 Å². The molecule has 9 heavy (non-hydrogen) atoms. The summed E-state index contributed by atoms with van der Waals surface area (Å²) < 4.78 is 5.38. The van der Waals surface area contributed by atoms with E-state index in [-0.39, 0.29) is 6.23 Å². The number of ether oxygens (including phenoxy) is 1. The van der Waals surface area contributed by atoms with Crippen LogP contribution in [0.25, 0.3) is 0 Å². The average molecular weight is 129 g/mol. The van der Waals surface area contributed by atoms with E-state index in [0.717, 1.165) is 13.2 Å². The molecule has 1 heterocycles. The molecule has 0 radical (unpaired) electrons. The van der Waals surface area contributed by atoms with E-state index in [1.807, 2.05) is 6.92 Å². The Kier molecular flexibility index (Phi) is 1.78. The monoisotopic (exact) mass is 129 g/mol. The van der Waals surface area contributed by atoms with Crippen LogP contribution in [0.15, 0.2) is 0 Å². The van der Waals surface area contributed by atoms with Crippen molar-refractivity contribution in [2.24, 2.45) is 5.41 Å². The molecule has 1 unspecified atom stereocenters. The van der Waals surface area contributed by atoms with Gasteiger partial charge in [0, 0.05) is 12.0 Å². The number of rotatable bonds is 0. The molecule has 2 nitrogen and oxygen atoms in total. The van der Waals surface area contributed by atoms with E-state index >= 15 is 0 Å². The van der Waals surface area contributed by atoms with Gasteiger partial charge in [-0.05, 0) is 6.92 Å². The van der Waals surface area contributed by atoms with Crippen molar-refractivity contribution in [1.29, 1.82) is 0 Å². The highest BCUT2D eigenvalue weighted by Gasteiger charge is 2.24. The van der Waals surface area contributed by atoms with Gasteiger partial charge in [0.25, 0.3) is 0 Å². The summed E-state index contributed by atoms with van der Waals surface area (Å²) in [7, 11) is 0. The molecule has 0 aromatic rings. The zero-order chi connectivity index (χ0) is 6.91. The number of hydrogen-bond donors (Lipinski definition) is 1. The third kappa shape index (κ3) is 1.95. The summed E-state index contributed by atoms with van der Waals surface area (Å²) in [5, 5.41) is 3.25. The minimum absolute atomic E-state index is 0.248. The third-order valence-corrected chi connectivity index (χ3v) is 1.59. The van der Waals surface area contributed by atoms with Crippen LogP contribution < -0.4 is 5.32 Å². The highest BCUT2D eigenvalue weighted by Crippen LogP contribution is 2.18. The van der Waals surface area contributed by atoms with Crippen LogP contribution in [0.1, 0.15) is 20.8 Å². The highest BCUT2D eigenvalue weighted by atomic mass is 16.5. The maximum Gasteiger partial charge on any atom is 0.105 e. The van der Waals surface area contributed by atoms with E-state index in [1.54, 1.807) is 0 Å². The molecule has 1 rings (SSSR count). The third-order valence-electron chi connectivity index (χ3n) is 1.59. The first-order valence-electron chi connectivity index (χ1n) is 3.45. The van der Waals surface area contributed by atoms with Crippen molar-refractivity contribution >= 4 is 0 Å². The van der Waals surface area contributed by atoms with Crippen molar-refractivity contribution < 1.29 is 4.74 Å². The second-order valence-corrected chi connectivity index (χ2v) is 3.50. The molecular formula is C7H15NO. The van der Waals surface area contributed by atoms with Gasteiger partial charge in [0.2, 0.25) is 0 Å². The Morgan fingerprint density at radius 2 is 2.22 bits per heavy atom. The quantitative estimate of drug-likeness (QED) is 0.526. The number of hydrogen-bond acceptors (Lipinski definition) is 2. The summed E-state index contributed by atoms with van der Waals surface area (Å²) in [5.41, 5.74) is 0.326. The van der Waals surface area contributed by atoms with Crippen molar-refractivity contribution in [3.8, 4) is 0 Å². The summed E-state index contributed by atoms with van der Waals surface area (Å²) >= 11 is 0. The van der Waals surface area contributed by atoms with Crippen LogP contribution in [0, 0.1) is 5.41 Å². The maximum absolute atomic E-state index is 5.38. The Balaban J connectivity index is 2.35. The minimum Gasteiger partial charge on any atom is -0.363 e. The second-order valence-electron chi connectivity index (χ2n) is 3.50. The highest BCUT2D eigenvalue weighted by molar-refractivity contribution is 4.75. The molecule has 1 atom stereocenters. The van der Waals surface area contributed by atoms with Crippen molar-refractivity contribution in [3.05, 3.63) is 0 Å². The topological polar surface area (TPSA) is 21.3 Å². The van der Waals surface area contributed by atoms with Gasteiger partial charge in [0.1, 0.15) is 6.23 Å². The van der Waals surface area contributed by atoms with E-state index in [4.69, 9.17) is 4.74 Å². The molecule has 0 amide bonds. The van der Waals surface area contributed by atoms with E-state index in [1.165, 1.54) is 0 Å². The summed E-state index contributed by atoms with van der Waals surface area (Å²) in [6.45, 7) is 8.38. The molecule has 0 aromatic carbocycles. The maximum atomic E-state index is 5.38. The van der Waals surface area contributed by atoms with Gasteiger partial charge in [-0.1, -0.05) is 13.8 Å². The Morgan fingerprint density at radius 1 is 1.56 bits per heavy atom. The first-order valence-corrected chi connectivity index (χ1v) is 3.45. The van der Waals surface area contributed by atoms with Crippen LogP contribution in [0.3, 0.4) is 0 Å². The molecule has 54 valence electrons.